The van der Waals surface area contributed by atoms with E-state index in [1.54, 1.807) is 6.20 Å². The summed E-state index contributed by atoms with van der Waals surface area (Å²) in [5.41, 5.74) is 5.15. The molecule has 3 heterocycles. The van der Waals surface area contributed by atoms with E-state index >= 15 is 0 Å². The van der Waals surface area contributed by atoms with E-state index in [-0.39, 0.29) is 11.7 Å². The molecule has 39 heavy (non-hydrogen) atoms. The van der Waals surface area contributed by atoms with Crippen molar-refractivity contribution < 1.29 is 0 Å². The molecule has 1 aliphatic rings. The van der Waals surface area contributed by atoms with Crippen LogP contribution in [0.4, 0.5) is 0 Å². The SMILES string of the molecule is CCCCc1cn(C2CCCCCCC2C(C)C)c(=O)n1Cc1cnccc1-c1ccccc1-c1nn[nH]n1. The van der Waals surface area contributed by atoms with Crippen LogP contribution in [0.2, 0.25) is 0 Å². The average Bonchev–Trinajstić information content (AvgIpc) is 3.57. The van der Waals surface area contributed by atoms with Crippen molar-refractivity contribution >= 4 is 0 Å². The van der Waals surface area contributed by atoms with Crippen LogP contribution >= 0.6 is 0 Å². The Morgan fingerprint density at radius 1 is 1.03 bits per heavy atom. The maximum Gasteiger partial charge on any atom is 0.328 e. The Bertz CT molecular complexity index is 1400. The number of hydrogen-bond acceptors (Lipinski definition) is 5. The van der Waals surface area contributed by atoms with E-state index in [2.05, 4.69) is 63.2 Å². The molecule has 0 aliphatic heterocycles. The summed E-state index contributed by atoms with van der Waals surface area (Å²) in [7, 11) is 0. The number of aryl methyl sites for hydroxylation is 1. The Hall–Kier alpha value is -3.55. The fourth-order valence-corrected chi connectivity index (χ4v) is 6.30. The summed E-state index contributed by atoms with van der Waals surface area (Å²) in [6.45, 7) is 7.33. The molecule has 0 saturated heterocycles. The van der Waals surface area contributed by atoms with Crippen molar-refractivity contribution in [1.29, 1.82) is 0 Å². The molecule has 8 heteroatoms. The van der Waals surface area contributed by atoms with Crippen LogP contribution in [-0.4, -0.2) is 34.7 Å². The summed E-state index contributed by atoms with van der Waals surface area (Å²) in [5, 5.41) is 14.7. The molecule has 0 radical (unpaired) electrons. The van der Waals surface area contributed by atoms with Gasteiger partial charge in [-0.05, 0) is 65.5 Å². The van der Waals surface area contributed by atoms with Crippen LogP contribution in [0.5, 0.6) is 0 Å². The third-order valence-electron chi connectivity index (χ3n) is 8.40. The van der Waals surface area contributed by atoms with Gasteiger partial charge in [0.25, 0.3) is 0 Å². The normalized spacial score (nSPS) is 18.3. The number of benzene rings is 1. The van der Waals surface area contributed by atoms with Crippen molar-refractivity contribution in [3.8, 4) is 22.5 Å². The topological polar surface area (TPSA) is 94.3 Å². The molecule has 5 rings (SSSR count). The summed E-state index contributed by atoms with van der Waals surface area (Å²) in [5.74, 6) is 1.62. The highest BCUT2D eigenvalue weighted by Gasteiger charge is 2.29. The van der Waals surface area contributed by atoms with Gasteiger partial charge in [-0.25, -0.2) is 4.79 Å². The maximum absolute atomic E-state index is 14.2. The fraction of sp³-hybridized carbons (Fsp3) is 0.516. The molecule has 0 bridgehead atoms. The van der Waals surface area contributed by atoms with Crippen LogP contribution in [0, 0.1) is 11.8 Å². The van der Waals surface area contributed by atoms with Gasteiger partial charge in [-0.1, -0.05) is 77.1 Å². The lowest BCUT2D eigenvalue weighted by atomic mass is 9.80. The highest BCUT2D eigenvalue weighted by atomic mass is 16.1. The van der Waals surface area contributed by atoms with Gasteiger partial charge in [0.05, 0.1) is 6.54 Å². The standard InChI is InChI=1S/C31H41N7O/c1-4-5-12-24-21-38(29-16-9-7-6-8-13-25(29)22(2)3)31(39)37(24)20-23-19-32-18-17-26(23)27-14-10-11-15-28(27)30-33-35-36-34-30/h10-11,14-15,17-19,21-22,25,29H,4-9,12-13,16,20H2,1-3H3,(H,33,34,35,36). The first-order valence-corrected chi connectivity index (χ1v) is 14.6. The molecule has 2 atom stereocenters. The van der Waals surface area contributed by atoms with Gasteiger partial charge in [0.15, 0.2) is 0 Å². The molecule has 0 amide bonds. The van der Waals surface area contributed by atoms with Crippen molar-refractivity contribution in [3.63, 3.8) is 0 Å². The van der Waals surface area contributed by atoms with Gasteiger partial charge in [-0.15, -0.1) is 10.2 Å². The second-order valence-electron chi connectivity index (χ2n) is 11.3. The second kappa shape index (κ2) is 12.5. The van der Waals surface area contributed by atoms with Gasteiger partial charge >= 0.3 is 5.69 Å². The van der Waals surface area contributed by atoms with Crippen molar-refractivity contribution in [2.24, 2.45) is 11.8 Å². The van der Waals surface area contributed by atoms with Crippen LogP contribution < -0.4 is 5.69 Å². The second-order valence-corrected chi connectivity index (χ2v) is 11.3. The van der Waals surface area contributed by atoms with Gasteiger partial charge in [0.1, 0.15) is 0 Å². The smallest absolute Gasteiger partial charge is 0.296 e. The van der Waals surface area contributed by atoms with Crippen molar-refractivity contribution in [2.75, 3.05) is 0 Å². The molecule has 2 unspecified atom stereocenters. The fourth-order valence-electron chi connectivity index (χ4n) is 6.30. The summed E-state index contributed by atoms with van der Waals surface area (Å²) in [4.78, 5) is 18.7. The number of tetrazole rings is 1. The van der Waals surface area contributed by atoms with Gasteiger partial charge in [-0.3, -0.25) is 14.1 Å². The number of unbranched alkanes of at least 4 members (excludes halogenated alkanes) is 1. The van der Waals surface area contributed by atoms with E-state index in [1.807, 2.05) is 35.0 Å². The number of imidazole rings is 1. The number of nitrogens with zero attached hydrogens (tertiary/aromatic N) is 6. The van der Waals surface area contributed by atoms with E-state index < -0.39 is 0 Å². The molecule has 1 aliphatic carbocycles. The molecular weight excluding hydrogens is 486 g/mol. The molecule has 1 N–H and O–H groups in total. The zero-order valence-electron chi connectivity index (χ0n) is 23.5. The number of pyridine rings is 1. The van der Waals surface area contributed by atoms with Crippen molar-refractivity contribution in [1.82, 2.24) is 34.7 Å². The number of H-pyrrole nitrogens is 1. The largest absolute Gasteiger partial charge is 0.328 e. The van der Waals surface area contributed by atoms with E-state index in [0.717, 1.165) is 53.6 Å². The van der Waals surface area contributed by atoms with E-state index in [1.165, 1.54) is 32.1 Å². The lowest BCUT2D eigenvalue weighted by Gasteiger charge is -2.32. The Kier molecular flexibility index (Phi) is 8.69. The number of aromatic amines is 1. The van der Waals surface area contributed by atoms with Crippen LogP contribution in [0.15, 0.2) is 53.7 Å². The highest BCUT2D eigenvalue weighted by molar-refractivity contribution is 5.81. The molecule has 1 saturated carbocycles. The highest BCUT2D eigenvalue weighted by Crippen LogP contribution is 2.36. The Labute approximate surface area is 230 Å². The van der Waals surface area contributed by atoms with E-state index in [4.69, 9.17) is 0 Å². The summed E-state index contributed by atoms with van der Waals surface area (Å²) in [6.07, 6.45) is 16.2. The molecule has 206 valence electrons. The third kappa shape index (κ3) is 5.89. The van der Waals surface area contributed by atoms with Crippen LogP contribution in [0.1, 0.15) is 89.4 Å². The van der Waals surface area contributed by atoms with E-state index in [9.17, 15) is 4.79 Å². The van der Waals surface area contributed by atoms with Crippen molar-refractivity contribution in [2.45, 2.75) is 91.1 Å². The van der Waals surface area contributed by atoms with Crippen LogP contribution in [0.3, 0.4) is 0 Å². The predicted molar refractivity (Wildman–Crippen MR) is 154 cm³/mol. The Balaban J connectivity index is 1.57. The monoisotopic (exact) mass is 527 g/mol. The number of nitrogens with one attached hydrogen (secondary N) is 1. The number of hydrogen-bond donors (Lipinski definition) is 1. The Morgan fingerprint density at radius 2 is 1.82 bits per heavy atom. The zero-order chi connectivity index (χ0) is 27.2. The van der Waals surface area contributed by atoms with Gasteiger partial charge in [0.2, 0.25) is 5.82 Å². The molecule has 3 aromatic heterocycles. The average molecular weight is 528 g/mol. The molecule has 4 aromatic rings. The summed E-state index contributed by atoms with van der Waals surface area (Å²) < 4.78 is 4.10. The molecule has 1 aromatic carbocycles. The minimum atomic E-state index is 0.110. The Morgan fingerprint density at radius 3 is 2.56 bits per heavy atom. The zero-order valence-corrected chi connectivity index (χ0v) is 23.5. The summed E-state index contributed by atoms with van der Waals surface area (Å²) >= 11 is 0. The van der Waals surface area contributed by atoms with Gasteiger partial charge in [0, 0.05) is 35.9 Å². The molecule has 8 nitrogen and oxygen atoms in total. The van der Waals surface area contributed by atoms with E-state index in [0.29, 0.717) is 24.2 Å². The molecule has 1 fully saturated rings. The predicted octanol–water partition coefficient (Wildman–Crippen LogP) is 6.45. The van der Waals surface area contributed by atoms with Gasteiger partial charge < -0.3 is 0 Å². The lowest BCUT2D eigenvalue weighted by molar-refractivity contribution is 0.200. The quantitative estimate of drug-likeness (QED) is 0.270. The maximum atomic E-state index is 14.2. The first kappa shape index (κ1) is 27.0. The van der Waals surface area contributed by atoms with Crippen molar-refractivity contribution in [3.05, 3.63) is 70.7 Å². The van der Waals surface area contributed by atoms with Gasteiger partial charge in [-0.2, -0.15) is 5.21 Å². The first-order chi connectivity index (χ1) is 19.1. The minimum absolute atomic E-state index is 0.110. The third-order valence-corrected chi connectivity index (χ3v) is 8.40. The van der Waals surface area contributed by atoms with Crippen LogP contribution in [0.25, 0.3) is 22.5 Å². The summed E-state index contributed by atoms with van der Waals surface area (Å²) in [6, 6.07) is 10.3. The molecule has 0 spiro atoms. The minimum Gasteiger partial charge on any atom is -0.296 e. The van der Waals surface area contributed by atoms with Crippen LogP contribution in [-0.2, 0) is 13.0 Å². The molecular formula is C31H41N7O. The number of aromatic nitrogens is 7. The lowest BCUT2D eigenvalue weighted by Crippen LogP contribution is -2.33. The first-order valence-electron chi connectivity index (χ1n) is 14.6. The number of rotatable bonds is 9.